The van der Waals surface area contributed by atoms with Crippen LogP contribution in [0.1, 0.15) is 38.5 Å². The molecule has 7 nitrogen and oxygen atoms in total. The van der Waals surface area contributed by atoms with E-state index in [1.54, 1.807) is 7.05 Å². The molecule has 0 radical (unpaired) electrons. The Morgan fingerprint density at radius 3 is 2.96 bits per heavy atom. The first-order valence-electron chi connectivity index (χ1n) is 8.29. The average Bonchev–Trinajstić information content (AvgIpc) is 3.03. The van der Waals surface area contributed by atoms with E-state index in [1.165, 1.54) is 5.01 Å². The van der Waals surface area contributed by atoms with Gasteiger partial charge in [0.25, 0.3) is 5.91 Å². The highest BCUT2D eigenvalue weighted by Gasteiger charge is 2.24. The van der Waals surface area contributed by atoms with Crippen molar-refractivity contribution in [2.45, 2.75) is 32.7 Å². The van der Waals surface area contributed by atoms with E-state index in [1.807, 2.05) is 38.1 Å². The van der Waals surface area contributed by atoms with Gasteiger partial charge in [-0.1, -0.05) is 12.1 Å². The Balaban J connectivity index is 1.77. The third-order valence-electron chi connectivity index (χ3n) is 4.07. The van der Waals surface area contributed by atoms with E-state index in [0.29, 0.717) is 42.3 Å². The van der Waals surface area contributed by atoms with Crippen LogP contribution in [0.15, 0.2) is 33.8 Å². The number of ether oxygens (including phenoxy) is 1. The summed E-state index contributed by atoms with van der Waals surface area (Å²) in [6, 6.07) is 7.25. The second-order valence-electron chi connectivity index (χ2n) is 5.92. The average molecular weight is 343 g/mol. The van der Waals surface area contributed by atoms with Crippen LogP contribution in [0, 0.1) is 0 Å². The Morgan fingerprint density at radius 1 is 1.44 bits per heavy atom. The summed E-state index contributed by atoms with van der Waals surface area (Å²) in [6.07, 6.45) is 0.635. The molecule has 1 unspecified atom stereocenters. The molecule has 1 aliphatic rings. The molecule has 1 N–H and O–H groups in total. The number of benzene rings is 1. The third-order valence-corrected chi connectivity index (χ3v) is 4.07. The molecule has 1 aromatic carbocycles. The maximum absolute atomic E-state index is 12.4. The number of nitrogens with one attached hydrogen (secondary N) is 1. The Kier molecular flexibility index (Phi) is 4.74. The maximum atomic E-state index is 12.4. The number of amides is 2. The van der Waals surface area contributed by atoms with Gasteiger partial charge in [-0.2, -0.15) is 5.10 Å². The van der Waals surface area contributed by atoms with Crippen LogP contribution in [-0.4, -0.2) is 36.2 Å². The number of hydrogen-bond donors (Lipinski definition) is 1. The standard InChI is InChI=1S/C18H21N3O4/c1-4-24-14-7-5-6-12-10-15(25-17(12)14)11(2)19-18(23)13-8-9-16(22)21(3)20-13/h5-7,10-11H,4,8-9H2,1-3H3,(H,19,23). The second kappa shape index (κ2) is 6.96. The van der Waals surface area contributed by atoms with E-state index >= 15 is 0 Å². The lowest BCUT2D eigenvalue weighted by atomic mass is 10.1. The van der Waals surface area contributed by atoms with Gasteiger partial charge in [-0.15, -0.1) is 0 Å². The predicted octanol–water partition coefficient (Wildman–Crippen LogP) is 2.62. The van der Waals surface area contributed by atoms with Crippen LogP contribution >= 0.6 is 0 Å². The molecule has 1 aliphatic heterocycles. The molecule has 0 saturated heterocycles. The van der Waals surface area contributed by atoms with Crippen molar-refractivity contribution < 1.29 is 18.7 Å². The lowest BCUT2D eigenvalue weighted by Crippen LogP contribution is -2.38. The fourth-order valence-electron chi connectivity index (χ4n) is 2.72. The summed E-state index contributed by atoms with van der Waals surface area (Å²) in [6.45, 7) is 4.31. The van der Waals surface area contributed by atoms with E-state index in [-0.39, 0.29) is 17.9 Å². The summed E-state index contributed by atoms with van der Waals surface area (Å²) < 4.78 is 11.5. The summed E-state index contributed by atoms with van der Waals surface area (Å²) >= 11 is 0. The fourth-order valence-corrected chi connectivity index (χ4v) is 2.72. The van der Waals surface area contributed by atoms with Gasteiger partial charge >= 0.3 is 0 Å². The van der Waals surface area contributed by atoms with Crippen LogP contribution in [0.3, 0.4) is 0 Å². The molecule has 25 heavy (non-hydrogen) atoms. The highest BCUT2D eigenvalue weighted by Crippen LogP contribution is 2.31. The molecular weight excluding hydrogens is 322 g/mol. The van der Waals surface area contributed by atoms with E-state index in [4.69, 9.17) is 9.15 Å². The number of hydrogen-bond acceptors (Lipinski definition) is 5. The molecule has 1 aromatic heterocycles. The predicted molar refractivity (Wildman–Crippen MR) is 93.4 cm³/mol. The minimum Gasteiger partial charge on any atom is -0.490 e. The molecule has 1 atom stereocenters. The second-order valence-corrected chi connectivity index (χ2v) is 5.92. The topological polar surface area (TPSA) is 84.1 Å². The van der Waals surface area contributed by atoms with Crippen LogP contribution in [-0.2, 0) is 9.59 Å². The van der Waals surface area contributed by atoms with Crippen molar-refractivity contribution in [3.05, 3.63) is 30.0 Å². The zero-order chi connectivity index (χ0) is 18.0. The number of carbonyl (C=O) groups is 2. The molecule has 2 amide bonds. The van der Waals surface area contributed by atoms with Crippen molar-refractivity contribution in [2.75, 3.05) is 13.7 Å². The number of carbonyl (C=O) groups excluding carboxylic acids is 2. The Morgan fingerprint density at radius 2 is 2.24 bits per heavy atom. The van der Waals surface area contributed by atoms with Gasteiger partial charge in [0.15, 0.2) is 11.3 Å². The number of furan rings is 1. The fraction of sp³-hybridized carbons (Fsp3) is 0.389. The molecule has 0 bridgehead atoms. The molecule has 0 aliphatic carbocycles. The SMILES string of the molecule is CCOc1cccc2cc(C(C)NC(=O)C3=NN(C)C(=O)CC3)oc12. The van der Waals surface area contributed by atoms with Gasteiger partial charge in [0.1, 0.15) is 11.5 Å². The first-order chi connectivity index (χ1) is 12.0. The summed E-state index contributed by atoms with van der Waals surface area (Å²) in [4.78, 5) is 23.8. The van der Waals surface area contributed by atoms with Crippen molar-refractivity contribution in [3.63, 3.8) is 0 Å². The smallest absolute Gasteiger partial charge is 0.268 e. The van der Waals surface area contributed by atoms with Gasteiger partial charge in [0.05, 0.1) is 12.6 Å². The van der Waals surface area contributed by atoms with Crippen molar-refractivity contribution in [3.8, 4) is 5.75 Å². The molecule has 0 fully saturated rings. The molecule has 3 rings (SSSR count). The van der Waals surface area contributed by atoms with Crippen LogP contribution < -0.4 is 10.1 Å². The number of rotatable bonds is 5. The van der Waals surface area contributed by atoms with Gasteiger partial charge in [-0.25, -0.2) is 5.01 Å². The highest BCUT2D eigenvalue weighted by molar-refractivity contribution is 6.39. The monoisotopic (exact) mass is 343 g/mol. The molecule has 2 aromatic rings. The number of para-hydroxylation sites is 1. The van der Waals surface area contributed by atoms with E-state index in [2.05, 4.69) is 10.4 Å². The van der Waals surface area contributed by atoms with Crippen molar-refractivity contribution in [2.24, 2.45) is 5.10 Å². The van der Waals surface area contributed by atoms with Gasteiger partial charge in [-0.05, 0) is 26.0 Å². The first-order valence-corrected chi connectivity index (χ1v) is 8.29. The van der Waals surface area contributed by atoms with Gasteiger partial charge in [-0.3, -0.25) is 9.59 Å². The molecule has 2 heterocycles. The van der Waals surface area contributed by atoms with Gasteiger partial charge in [0.2, 0.25) is 5.91 Å². The maximum Gasteiger partial charge on any atom is 0.268 e. The van der Waals surface area contributed by atoms with Crippen molar-refractivity contribution >= 4 is 28.5 Å². The molecule has 7 heteroatoms. The van der Waals surface area contributed by atoms with Crippen molar-refractivity contribution in [1.82, 2.24) is 10.3 Å². The summed E-state index contributed by atoms with van der Waals surface area (Å²) in [5.74, 6) is 0.931. The largest absolute Gasteiger partial charge is 0.490 e. The van der Waals surface area contributed by atoms with Crippen LogP contribution in [0.25, 0.3) is 11.0 Å². The normalized spacial score (nSPS) is 15.9. The lowest BCUT2D eigenvalue weighted by Gasteiger charge is -2.20. The molecule has 132 valence electrons. The first kappa shape index (κ1) is 17.0. The molecule has 0 saturated carbocycles. The van der Waals surface area contributed by atoms with Gasteiger partial charge in [0, 0.05) is 25.3 Å². The summed E-state index contributed by atoms with van der Waals surface area (Å²) in [5, 5.41) is 9.03. The zero-order valence-corrected chi connectivity index (χ0v) is 14.5. The Bertz CT molecular complexity index is 840. The van der Waals surface area contributed by atoms with Crippen LogP contribution in [0.5, 0.6) is 5.75 Å². The highest BCUT2D eigenvalue weighted by atomic mass is 16.5. The molecular formula is C18H21N3O4. The van der Waals surface area contributed by atoms with Crippen molar-refractivity contribution in [1.29, 1.82) is 0 Å². The van der Waals surface area contributed by atoms with E-state index in [0.717, 1.165) is 5.39 Å². The number of hydrazone groups is 1. The number of nitrogens with zero attached hydrogens (tertiary/aromatic N) is 2. The third kappa shape index (κ3) is 3.50. The van der Waals surface area contributed by atoms with E-state index < -0.39 is 0 Å². The van der Waals surface area contributed by atoms with Gasteiger partial charge < -0.3 is 14.5 Å². The number of fused-ring (bicyclic) bond motifs is 1. The molecule has 0 spiro atoms. The Hall–Kier alpha value is -2.83. The quantitative estimate of drug-likeness (QED) is 0.904. The lowest BCUT2D eigenvalue weighted by molar-refractivity contribution is -0.130. The minimum atomic E-state index is -0.333. The van der Waals surface area contributed by atoms with E-state index in [9.17, 15) is 9.59 Å². The van der Waals surface area contributed by atoms with Crippen LogP contribution in [0.2, 0.25) is 0 Å². The summed E-state index contributed by atoms with van der Waals surface area (Å²) in [7, 11) is 1.55. The summed E-state index contributed by atoms with van der Waals surface area (Å²) in [5.41, 5.74) is 1.01. The zero-order valence-electron chi connectivity index (χ0n) is 14.5. The van der Waals surface area contributed by atoms with Crippen LogP contribution in [0.4, 0.5) is 0 Å². The minimum absolute atomic E-state index is 0.0923. The Labute approximate surface area is 145 Å².